The van der Waals surface area contributed by atoms with Gasteiger partial charge in [0.05, 0.1) is 11.6 Å². The van der Waals surface area contributed by atoms with Gasteiger partial charge in [-0.25, -0.2) is 0 Å². The zero-order chi connectivity index (χ0) is 13.4. The minimum Gasteiger partial charge on any atom is -0.383 e. The fourth-order valence-corrected chi connectivity index (χ4v) is 2.29. The Hall–Kier alpha value is -2.52. The molecule has 2 heterocycles. The summed E-state index contributed by atoms with van der Waals surface area (Å²) in [5.41, 5.74) is 7.10. The van der Waals surface area contributed by atoms with E-state index in [4.69, 9.17) is 17.3 Å². The van der Waals surface area contributed by atoms with Crippen LogP contribution in [0.5, 0.6) is 0 Å². The van der Waals surface area contributed by atoms with Crippen LogP contribution in [0.1, 0.15) is 11.6 Å². The number of hydrogen-bond acceptors (Lipinski definition) is 5. The highest BCUT2D eigenvalue weighted by atomic mass is 35.5. The van der Waals surface area contributed by atoms with E-state index in [2.05, 4.69) is 21.5 Å². The summed E-state index contributed by atoms with van der Waals surface area (Å²) in [7, 11) is 0. The number of nitrogens with zero attached hydrogens (tertiary/aromatic N) is 4. The monoisotopic (exact) mass is 272 g/mol. The second-order valence-electron chi connectivity index (χ2n) is 4.01. The number of nitrogens with two attached hydrogens (primary N) is 1. The van der Waals surface area contributed by atoms with Crippen LogP contribution in [0, 0.1) is 11.3 Å². The second kappa shape index (κ2) is 4.30. The zero-order valence-electron chi connectivity index (χ0n) is 9.71. The molecule has 3 N–H and O–H groups in total. The van der Waals surface area contributed by atoms with Gasteiger partial charge in [0.25, 0.3) is 0 Å². The molecule has 2 aromatic rings. The predicted molar refractivity (Wildman–Crippen MR) is 70.9 cm³/mol. The van der Waals surface area contributed by atoms with Gasteiger partial charge in [0.2, 0.25) is 5.95 Å². The standard InChI is InChI=1S/C12H9ClN6/c13-9-4-2-1-3-7(9)10-8(5-14)11(15)19-12(18-10)16-6-17-19/h1-4,6,10H,15H2,(H,16,17,18). The Bertz CT molecular complexity index is 711. The molecule has 1 aliphatic rings. The third-order valence-corrected chi connectivity index (χ3v) is 3.29. The fraction of sp³-hybridized carbons (Fsp3) is 0.0833. The van der Waals surface area contributed by atoms with Crippen molar-refractivity contribution in [1.29, 1.82) is 5.26 Å². The lowest BCUT2D eigenvalue weighted by Crippen LogP contribution is -2.27. The minimum atomic E-state index is -0.421. The number of hydrogen-bond donors (Lipinski definition) is 2. The summed E-state index contributed by atoms with van der Waals surface area (Å²) < 4.78 is 1.39. The average Bonchev–Trinajstić information content (AvgIpc) is 2.88. The van der Waals surface area contributed by atoms with Crippen LogP contribution in [-0.2, 0) is 0 Å². The summed E-state index contributed by atoms with van der Waals surface area (Å²) in [5, 5.41) is 17.0. The highest BCUT2D eigenvalue weighted by Crippen LogP contribution is 2.35. The van der Waals surface area contributed by atoms with Crippen molar-refractivity contribution in [3.63, 3.8) is 0 Å². The molecule has 19 heavy (non-hydrogen) atoms. The van der Waals surface area contributed by atoms with Gasteiger partial charge in [0, 0.05) is 5.02 Å². The van der Waals surface area contributed by atoms with Crippen LogP contribution in [0.15, 0.2) is 36.2 Å². The lowest BCUT2D eigenvalue weighted by molar-refractivity contribution is 0.795. The van der Waals surface area contributed by atoms with Gasteiger partial charge in [-0.05, 0) is 11.6 Å². The molecular formula is C12H9ClN6. The molecule has 0 spiro atoms. The van der Waals surface area contributed by atoms with Crippen molar-refractivity contribution in [3.05, 3.63) is 46.8 Å². The summed E-state index contributed by atoms with van der Waals surface area (Å²) in [5.74, 6) is 0.750. The van der Waals surface area contributed by atoms with Crippen LogP contribution < -0.4 is 11.1 Å². The molecule has 1 unspecified atom stereocenters. The first-order valence-electron chi connectivity index (χ1n) is 5.53. The normalized spacial score (nSPS) is 17.6. The first-order valence-corrected chi connectivity index (χ1v) is 5.91. The second-order valence-corrected chi connectivity index (χ2v) is 4.41. The number of anilines is 1. The van der Waals surface area contributed by atoms with Crippen LogP contribution in [0.3, 0.4) is 0 Å². The molecule has 1 aromatic heterocycles. The molecular weight excluding hydrogens is 264 g/mol. The van der Waals surface area contributed by atoms with Gasteiger partial charge >= 0.3 is 0 Å². The lowest BCUT2D eigenvalue weighted by atomic mass is 9.98. The number of benzene rings is 1. The molecule has 94 valence electrons. The Kier molecular flexibility index (Phi) is 2.62. The van der Waals surface area contributed by atoms with E-state index in [-0.39, 0.29) is 5.82 Å². The van der Waals surface area contributed by atoms with E-state index >= 15 is 0 Å². The summed E-state index contributed by atoms with van der Waals surface area (Å²) in [6, 6.07) is 8.98. The summed E-state index contributed by atoms with van der Waals surface area (Å²) in [4.78, 5) is 4.06. The van der Waals surface area contributed by atoms with Crippen LogP contribution in [0.25, 0.3) is 5.82 Å². The highest BCUT2D eigenvalue weighted by molar-refractivity contribution is 6.31. The molecule has 1 aromatic carbocycles. The van der Waals surface area contributed by atoms with Crippen molar-refractivity contribution < 1.29 is 0 Å². The van der Waals surface area contributed by atoms with Crippen molar-refractivity contribution >= 4 is 23.4 Å². The molecule has 1 atom stereocenters. The number of nitrogens with one attached hydrogen (secondary N) is 1. The number of aromatic nitrogens is 3. The van der Waals surface area contributed by atoms with E-state index in [1.165, 1.54) is 11.0 Å². The van der Waals surface area contributed by atoms with E-state index < -0.39 is 6.04 Å². The van der Waals surface area contributed by atoms with Crippen molar-refractivity contribution in [2.75, 3.05) is 5.32 Å². The Balaban J connectivity index is 2.17. The molecule has 0 amide bonds. The van der Waals surface area contributed by atoms with E-state index in [1.807, 2.05) is 18.2 Å². The first-order chi connectivity index (χ1) is 9.22. The predicted octanol–water partition coefficient (Wildman–Crippen LogP) is 1.75. The van der Waals surface area contributed by atoms with Gasteiger partial charge in [-0.2, -0.15) is 20.0 Å². The fourth-order valence-electron chi connectivity index (χ4n) is 2.04. The first kappa shape index (κ1) is 11.6. The lowest BCUT2D eigenvalue weighted by Gasteiger charge is -2.25. The van der Waals surface area contributed by atoms with E-state index in [0.29, 0.717) is 16.5 Å². The van der Waals surface area contributed by atoms with Crippen LogP contribution in [0.4, 0.5) is 5.95 Å². The van der Waals surface area contributed by atoms with Crippen molar-refractivity contribution in [1.82, 2.24) is 14.8 Å². The van der Waals surface area contributed by atoms with Gasteiger partial charge in [-0.3, -0.25) is 0 Å². The summed E-state index contributed by atoms with van der Waals surface area (Å²) in [6.45, 7) is 0. The largest absolute Gasteiger partial charge is 0.383 e. The molecule has 0 aliphatic carbocycles. The van der Waals surface area contributed by atoms with E-state index in [9.17, 15) is 5.26 Å². The molecule has 3 rings (SSSR count). The van der Waals surface area contributed by atoms with Gasteiger partial charge in [-0.1, -0.05) is 29.8 Å². The number of rotatable bonds is 1. The Morgan fingerprint density at radius 1 is 1.42 bits per heavy atom. The molecule has 0 saturated carbocycles. The maximum absolute atomic E-state index is 9.31. The molecule has 0 fully saturated rings. The Morgan fingerprint density at radius 3 is 2.95 bits per heavy atom. The van der Waals surface area contributed by atoms with E-state index in [1.54, 1.807) is 6.07 Å². The van der Waals surface area contributed by atoms with Crippen molar-refractivity contribution in [2.24, 2.45) is 5.73 Å². The maximum atomic E-state index is 9.31. The van der Waals surface area contributed by atoms with Crippen molar-refractivity contribution in [2.45, 2.75) is 6.04 Å². The van der Waals surface area contributed by atoms with Crippen LogP contribution in [0.2, 0.25) is 5.02 Å². The average molecular weight is 273 g/mol. The molecule has 1 aliphatic heterocycles. The number of fused-ring (bicyclic) bond motifs is 1. The molecule has 0 radical (unpaired) electrons. The minimum absolute atomic E-state index is 0.263. The molecule has 0 bridgehead atoms. The molecule has 0 saturated heterocycles. The smallest absolute Gasteiger partial charge is 0.228 e. The SMILES string of the molecule is N#CC1=C(N)n2ncnc2NC1c1ccccc1Cl. The molecule has 6 nitrogen and oxygen atoms in total. The third kappa shape index (κ3) is 1.72. The zero-order valence-corrected chi connectivity index (χ0v) is 10.5. The van der Waals surface area contributed by atoms with Crippen LogP contribution >= 0.6 is 11.6 Å². The third-order valence-electron chi connectivity index (χ3n) is 2.95. The number of halogens is 1. The Labute approximate surface area is 114 Å². The highest BCUT2D eigenvalue weighted by Gasteiger charge is 2.29. The molecule has 7 heteroatoms. The Morgan fingerprint density at radius 2 is 2.21 bits per heavy atom. The van der Waals surface area contributed by atoms with Gasteiger partial charge < -0.3 is 11.1 Å². The van der Waals surface area contributed by atoms with Crippen LogP contribution in [-0.4, -0.2) is 14.8 Å². The topological polar surface area (TPSA) is 92.5 Å². The van der Waals surface area contributed by atoms with Gasteiger partial charge in [0.15, 0.2) is 0 Å². The van der Waals surface area contributed by atoms with Gasteiger partial charge in [0.1, 0.15) is 18.2 Å². The summed E-state index contributed by atoms with van der Waals surface area (Å²) in [6.07, 6.45) is 1.37. The number of nitriles is 1. The van der Waals surface area contributed by atoms with Crippen molar-refractivity contribution in [3.8, 4) is 6.07 Å². The maximum Gasteiger partial charge on any atom is 0.228 e. The quantitative estimate of drug-likeness (QED) is 0.825. The van der Waals surface area contributed by atoms with E-state index in [0.717, 1.165) is 5.56 Å². The van der Waals surface area contributed by atoms with Gasteiger partial charge in [-0.15, -0.1) is 0 Å². The summed E-state index contributed by atoms with van der Waals surface area (Å²) >= 11 is 6.17.